The second-order valence-electron chi connectivity index (χ2n) is 5.05. The Bertz CT molecular complexity index is 178. The smallest absolute Gasteiger partial charge is 0.0965 e. The molecule has 0 radical (unpaired) electrons. The molecule has 14 heavy (non-hydrogen) atoms. The molecule has 2 rings (SSSR count). The van der Waals surface area contributed by atoms with E-state index in [0.717, 1.165) is 19.9 Å². The highest BCUT2D eigenvalue weighted by atomic mass is 16.5. The maximum absolute atomic E-state index is 5.53. The molecule has 2 saturated heterocycles. The van der Waals surface area contributed by atoms with Gasteiger partial charge in [0.2, 0.25) is 0 Å². The summed E-state index contributed by atoms with van der Waals surface area (Å²) in [6, 6.07) is 0.699. The van der Waals surface area contributed by atoms with E-state index >= 15 is 0 Å². The van der Waals surface area contributed by atoms with Gasteiger partial charge in [0.25, 0.3) is 0 Å². The van der Waals surface area contributed by atoms with Gasteiger partial charge in [-0.3, -0.25) is 5.32 Å². The van der Waals surface area contributed by atoms with Gasteiger partial charge in [0.1, 0.15) is 0 Å². The van der Waals surface area contributed by atoms with Crippen LogP contribution in [0, 0.1) is 5.41 Å². The van der Waals surface area contributed by atoms with Crippen molar-refractivity contribution >= 4 is 0 Å². The Hall–Kier alpha value is -0.120. The van der Waals surface area contributed by atoms with Crippen molar-refractivity contribution in [1.82, 2.24) is 10.2 Å². The van der Waals surface area contributed by atoms with Gasteiger partial charge in [0, 0.05) is 18.0 Å². The molecule has 82 valence electrons. The Morgan fingerprint density at radius 2 is 2.00 bits per heavy atom. The average Bonchev–Trinajstić information content (AvgIpc) is 2.19. The quantitative estimate of drug-likeness (QED) is 0.681. The molecule has 0 aromatic carbocycles. The molecular formula is C11H22N2O. The Kier molecular flexibility index (Phi) is 3.10. The zero-order chi connectivity index (χ0) is 10.0. The van der Waals surface area contributed by atoms with Crippen LogP contribution in [0.25, 0.3) is 0 Å². The van der Waals surface area contributed by atoms with Gasteiger partial charge >= 0.3 is 0 Å². The maximum Gasteiger partial charge on any atom is 0.0965 e. The van der Waals surface area contributed by atoms with Gasteiger partial charge in [-0.15, -0.1) is 0 Å². The normalized spacial score (nSPS) is 28.5. The van der Waals surface area contributed by atoms with Gasteiger partial charge in [-0.2, -0.15) is 0 Å². The average molecular weight is 198 g/mol. The van der Waals surface area contributed by atoms with Crippen LogP contribution < -0.4 is 5.32 Å². The van der Waals surface area contributed by atoms with E-state index in [9.17, 15) is 0 Å². The highest BCUT2D eigenvalue weighted by molar-refractivity contribution is 4.89. The van der Waals surface area contributed by atoms with E-state index in [-0.39, 0.29) is 0 Å². The fraction of sp³-hybridized carbons (Fsp3) is 1.00. The second-order valence-corrected chi connectivity index (χ2v) is 5.05. The SMILES string of the molecule is CC(C)N1CCC2(CC1)CNCOC2. The first-order chi connectivity index (χ1) is 6.72. The van der Waals surface area contributed by atoms with Crippen LogP contribution in [0.3, 0.4) is 0 Å². The van der Waals surface area contributed by atoms with Crippen LogP contribution in [0.5, 0.6) is 0 Å². The van der Waals surface area contributed by atoms with Crippen LogP contribution in [0.1, 0.15) is 26.7 Å². The topological polar surface area (TPSA) is 24.5 Å². The fourth-order valence-electron chi connectivity index (χ4n) is 2.54. The van der Waals surface area contributed by atoms with Gasteiger partial charge in [-0.25, -0.2) is 0 Å². The minimum Gasteiger partial charge on any atom is -0.366 e. The van der Waals surface area contributed by atoms with Crippen molar-refractivity contribution in [3.05, 3.63) is 0 Å². The molecule has 1 spiro atoms. The molecule has 3 heteroatoms. The van der Waals surface area contributed by atoms with Gasteiger partial charge in [0.05, 0.1) is 13.3 Å². The lowest BCUT2D eigenvalue weighted by molar-refractivity contribution is -0.0474. The van der Waals surface area contributed by atoms with Crippen molar-refractivity contribution < 1.29 is 4.74 Å². The predicted octanol–water partition coefficient (Wildman–Crippen LogP) is 1.05. The Morgan fingerprint density at radius 3 is 2.50 bits per heavy atom. The van der Waals surface area contributed by atoms with Crippen LogP contribution in [-0.4, -0.2) is 43.9 Å². The number of nitrogens with one attached hydrogen (secondary N) is 1. The first-order valence-corrected chi connectivity index (χ1v) is 5.74. The Labute approximate surface area is 86.8 Å². The van der Waals surface area contributed by atoms with Gasteiger partial charge in [-0.05, 0) is 39.8 Å². The highest BCUT2D eigenvalue weighted by Crippen LogP contribution is 2.33. The van der Waals surface area contributed by atoms with Crippen LogP contribution in [0.15, 0.2) is 0 Å². The van der Waals surface area contributed by atoms with E-state index in [1.807, 2.05) is 0 Å². The third kappa shape index (κ3) is 2.10. The van der Waals surface area contributed by atoms with Crippen LogP contribution in [0.2, 0.25) is 0 Å². The first-order valence-electron chi connectivity index (χ1n) is 5.74. The number of hydrogen-bond donors (Lipinski definition) is 1. The summed E-state index contributed by atoms with van der Waals surface area (Å²) >= 11 is 0. The minimum absolute atomic E-state index is 0.448. The zero-order valence-corrected chi connectivity index (χ0v) is 9.38. The molecule has 0 aromatic heterocycles. The van der Waals surface area contributed by atoms with E-state index in [0.29, 0.717) is 11.5 Å². The van der Waals surface area contributed by atoms with E-state index in [2.05, 4.69) is 24.1 Å². The predicted molar refractivity (Wildman–Crippen MR) is 57.2 cm³/mol. The van der Waals surface area contributed by atoms with Crippen LogP contribution in [-0.2, 0) is 4.74 Å². The van der Waals surface area contributed by atoms with E-state index in [1.165, 1.54) is 25.9 Å². The number of rotatable bonds is 1. The lowest BCUT2D eigenvalue weighted by Crippen LogP contribution is -2.52. The van der Waals surface area contributed by atoms with Crippen molar-refractivity contribution in [3.8, 4) is 0 Å². The summed E-state index contributed by atoms with van der Waals surface area (Å²) < 4.78 is 5.53. The van der Waals surface area contributed by atoms with Crippen molar-refractivity contribution in [2.45, 2.75) is 32.7 Å². The van der Waals surface area contributed by atoms with Crippen molar-refractivity contribution in [2.75, 3.05) is 33.0 Å². The van der Waals surface area contributed by atoms with Gasteiger partial charge in [0.15, 0.2) is 0 Å². The van der Waals surface area contributed by atoms with Crippen molar-refractivity contribution in [1.29, 1.82) is 0 Å². The summed E-state index contributed by atoms with van der Waals surface area (Å²) in [4.78, 5) is 2.57. The highest BCUT2D eigenvalue weighted by Gasteiger charge is 2.36. The molecule has 0 aliphatic carbocycles. The summed E-state index contributed by atoms with van der Waals surface area (Å²) in [6.45, 7) is 9.91. The number of piperidine rings is 1. The zero-order valence-electron chi connectivity index (χ0n) is 9.38. The summed E-state index contributed by atoms with van der Waals surface area (Å²) in [5.41, 5.74) is 0.448. The molecule has 0 aromatic rings. The first kappa shape index (κ1) is 10.4. The fourth-order valence-corrected chi connectivity index (χ4v) is 2.54. The molecule has 1 N–H and O–H groups in total. The second kappa shape index (κ2) is 4.17. The maximum atomic E-state index is 5.53. The third-order valence-electron chi connectivity index (χ3n) is 3.70. The van der Waals surface area contributed by atoms with Gasteiger partial charge < -0.3 is 9.64 Å². The Morgan fingerprint density at radius 1 is 1.29 bits per heavy atom. The standard InChI is InChI=1S/C11H22N2O/c1-10(2)13-5-3-11(4-6-13)7-12-9-14-8-11/h10,12H,3-9H2,1-2H3. The molecule has 2 fully saturated rings. The summed E-state index contributed by atoms with van der Waals surface area (Å²) in [5, 5.41) is 3.35. The number of likely N-dealkylation sites (tertiary alicyclic amines) is 1. The molecule has 0 saturated carbocycles. The monoisotopic (exact) mass is 198 g/mol. The van der Waals surface area contributed by atoms with Crippen molar-refractivity contribution in [3.63, 3.8) is 0 Å². The molecular weight excluding hydrogens is 176 g/mol. The lowest BCUT2D eigenvalue weighted by Gasteiger charge is -2.45. The van der Waals surface area contributed by atoms with E-state index < -0.39 is 0 Å². The molecule has 0 amide bonds. The van der Waals surface area contributed by atoms with Crippen LogP contribution in [0.4, 0.5) is 0 Å². The van der Waals surface area contributed by atoms with E-state index in [1.54, 1.807) is 0 Å². The lowest BCUT2D eigenvalue weighted by atomic mass is 9.78. The number of hydrogen-bond acceptors (Lipinski definition) is 3. The Balaban J connectivity index is 1.87. The van der Waals surface area contributed by atoms with E-state index in [4.69, 9.17) is 4.74 Å². The minimum atomic E-state index is 0.448. The molecule has 3 nitrogen and oxygen atoms in total. The molecule has 2 heterocycles. The molecule has 2 aliphatic rings. The van der Waals surface area contributed by atoms with Crippen LogP contribution >= 0.6 is 0 Å². The molecule has 2 aliphatic heterocycles. The summed E-state index contributed by atoms with van der Waals surface area (Å²) in [7, 11) is 0. The van der Waals surface area contributed by atoms with Crippen molar-refractivity contribution in [2.24, 2.45) is 5.41 Å². The third-order valence-corrected chi connectivity index (χ3v) is 3.70. The summed E-state index contributed by atoms with van der Waals surface area (Å²) in [6.07, 6.45) is 2.58. The number of nitrogens with zero attached hydrogens (tertiary/aromatic N) is 1. The molecule has 0 bridgehead atoms. The van der Waals surface area contributed by atoms with Gasteiger partial charge in [-0.1, -0.05) is 0 Å². The molecule has 0 unspecified atom stereocenters. The number of ether oxygens (including phenoxy) is 1. The summed E-state index contributed by atoms with van der Waals surface area (Å²) in [5.74, 6) is 0. The largest absolute Gasteiger partial charge is 0.366 e. The molecule has 0 atom stereocenters.